The van der Waals surface area contributed by atoms with Gasteiger partial charge in [-0.3, -0.25) is 0 Å². The number of nitrogens with one attached hydrogen (secondary N) is 1. The molecule has 0 fully saturated rings. The summed E-state index contributed by atoms with van der Waals surface area (Å²) in [5.74, 6) is 0.887. The molecular weight excluding hydrogens is 206 g/mol. The molecule has 0 amide bonds. The fourth-order valence-electron chi connectivity index (χ4n) is 2.65. The molecule has 0 aliphatic carbocycles. The largest absolute Gasteiger partial charge is 0.317 e. The zero-order chi connectivity index (χ0) is 12.9. The molecule has 0 radical (unpaired) electrons. The van der Waals surface area contributed by atoms with E-state index >= 15 is 0 Å². The first kappa shape index (κ1) is 17.0. The average molecular weight is 241 g/mol. The van der Waals surface area contributed by atoms with E-state index in [1.807, 2.05) is 0 Å². The third-order valence-electron chi connectivity index (χ3n) is 3.78. The van der Waals surface area contributed by atoms with Gasteiger partial charge >= 0.3 is 0 Å². The van der Waals surface area contributed by atoms with Gasteiger partial charge in [0.15, 0.2) is 0 Å². The highest BCUT2D eigenvalue weighted by Gasteiger charge is 2.10. The Balaban J connectivity index is 3.47. The number of unbranched alkanes of at least 4 members (excludes halogenated alkanes) is 5. The van der Waals surface area contributed by atoms with Crippen LogP contribution in [-0.2, 0) is 0 Å². The lowest BCUT2D eigenvalue weighted by molar-refractivity contribution is 0.373. The van der Waals surface area contributed by atoms with E-state index in [2.05, 4.69) is 33.1 Å². The van der Waals surface area contributed by atoms with Gasteiger partial charge in [-0.25, -0.2) is 0 Å². The maximum atomic E-state index is 3.49. The summed E-state index contributed by atoms with van der Waals surface area (Å²) in [6, 6.07) is 0.753. The molecular formula is C16H35N. The summed E-state index contributed by atoms with van der Waals surface area (Å²) >= 11 is 0. The molecule has 17 heavy (non-hydrogen) atoms. The summed E-state index contributed by atoms with van der Waals surface area (Å²) in [5.41, 5.74) is 0. The van der Waals surface area contributed by atoms with Crippen molar-refractivity contribution in [3.8, 4) is 0 Å². The first-order chi connectivity index (χ1) is 8.24. The van der Waals surface area contributed by atoms with Crippen LogP contribution in [0.15, 0.2) is 0 Å². The molecule has 0 saturated heterocycles. The molecule has 0 aliphatic heterocycles. The predicted octanol–water partition coefficient (Wildman–Crippen LogP) is 5.15. The highest BCUT2D eigenvalue weighted by molar-refractivity contribution is 4.68. The number of hydrogen-bond acceptors (Lipinski definition) is 1. The van der Waals surface area contributed by atoms with Crippen molar-refractivity contribution in [2.24, 2.45) is 5.92 Å². The first-order valence-corrected chi connectivity index (χ1v) is 7.91. The van der Waals surface area contributed by atoms with Crippen molar-refractivity contribution in [3.05, 3.63) is 0 Å². The first-order valence-electron chi connectivity index (χ1n) is 7.91. The molecule has 0 bridgehead atoms. The fraction of sp³-hybridized carbons (Fsp3) is 1.00. The second-order valence-electron chi connectivity index (χ2n) is 5.67. The average Bonchev–Trinajstić information content (AvgIpc) is 2.32. The summed E-state index contributed by atoms with van der Waals surface area (Å²) in [4.78, 5) is 0. The Morgan fingerprint density at radius 3 is 2.06 bits per heavy atom. The van der Waals surface area contributed by atoms with E-state index in [1.54, 1.807) is 0 Å². The Morgan fingerprint density at radius 1 is 0.824 bits per heavy atom. The third-order valence-corrected chi connectivity index (χ3v) is 3.78. The van der Waals surface area contributed by atoms with Gasteiger partial charge in [0.1, 0.15) is 0 Å². The van der Waals surface area contributed by atoms with Crippen molar-refractivity contribution in [2.75, 3.05) is 7.05 Å². The molecule has 1 heteroatoms. The topological polar surface area (TPSA) is 12.0 Å². The molecule has 104 valence electrons. The summed E-state index contributed by atoms with van der Waals surface area (Å²) in [7, 11) is 2.13. The monoisotopic (exact) mass is 241 g/mol. The van der Waals surface area contributed by atoms with Gasteiger partial charge in [-0.05, 0) is 25.8 Å². The maximum Gasteiger partial charge on any atom is 0.00666 e. The molecule has 0 rings (SSSR count). The fourth-order valence-corrected chi connectivity index (χ4v) is 2.65. The van der Waals surface area contributed by atoms with E-state index in [9.17, 15) is 0 Å². The normalized spacial score (nSPS) is 14.8. The Labute approximate surface area is 110 Å². The van der Waals surface area contributed by atoms with Crippen LogP contribution in [0.3, 0.4) is 0 Å². The molecule has 1 nitrogen and oxygen atoms in total. The smallest absolute Gasteiger partial charge is 0.00666 e. The Bertz CT molecular complexity index is 144. The molecule has 0 aromatic rings. The predicted molar refractivity (Wildman–Crippen MR) is 79.5 cm³/mol. The van der Waals surface area contributed by atoms with Crippen molar-refractivity contribution >= 4 is 0 Å². The minimum atomic E-state index is 0.753. The molecule has 0 aromatic carbocycles. The van der Waals surface area contributed by atoms with Crippen LogP contribution in [0, 0.1) is 5.92 Å². The van der Waals surface area contributed by atoms with Gasteiger partial charge in [-0.1, -0.05) is 72.1 Å². The van der Waals surface area contributed by atoms with Gasteiger partial charge in [0.25, 0.3) is 0 Å². The molecule has 2 atom stereocenters. The molecule has 0 saturated carbocycles. The maximum absolute atomic E-state index is 3.49. The summed E-state index contributed by atoms with van der Waals surface area (Å²) in [5, 5.41) is 3.49. The Morgan fingerprint density at radius 2 is 1.47 bits per heavy atom. The minimum absolute atomic E-state index is 0.753. The summed E-state index contributed by atoms with van der Waals surface area (Å²) in [6.07, 6.45) is 13.9. The van der Waals surface area contributed by atoms with Gasteiger partial charge in [-0.2, -0.15) is 0 Å². The van der Waals surface area contributed by atoms with E-state index in [1.165, 1.54) is 64.2 Å². The van der Waals surface area contributed by atoms with Crippen LogP contribution in [0.4, 0.5) is 0 Å². The SMILES string of the molecule is CCCCCCCCC(CC(C)CCC)NC. The molecule has 0 aliphatic rings. The van der Waals surface area contributed by atoms with Gasteiger partial charge in [0, 0.05) is 6.04 Å². The van der Waals surface area contributed by atoms with Crippen molar-refractivity contribution < 1.29 is 0 Å². The lowest BCUT2D eigenvalue weighted by Gasteiger charge is -2.20. The van der Waals surface area contributed by atoms with Crippen LogP contribution in [0.1, 0.15) is 85.0 Å². The third kappa shape index (κ3) is 10.8. The Hall–Kier alpha value is -0.0400. The zero-order valence-corrected chi connectivity index (χ0v) is 12.7. The number of rotatable bonds is 12. The van der Waals surface area contributed by atoms with Crippen LogP contribution in [0.2, 0.25) is 0 Å². The van der Waals surface area contributed by atoms with Crippen LogP contribution in [0.5, 0.6) is 0 Å². The van der Waals surface area contributed by atoms with Gasteiger partial charge < -0.3 is 5.32 Å². The lowest BCUT2D eigenvalue weighted by Crippen LogP contribution is -2.27. The van der Waals surface area contributed by atoms with Gasteiger partial charge in [0.2, 0.25) is 0 Å². The van der Waals surface area contributed by atoms with Crippen LogP contribution >= 0.6 is 0 Å². The van der Waals surface area contributed by atoms with Crippen molar-refractivity contribution in [2.45, 2.75) is 91.0 Å². The van der Waals surface area contributed by atoms with E-state index < -0.39 is 0 Å². The highest BCUT2D eigenvalue weighted by atomic mass is 14.9. The van der Waals surface area contributed by atoms with Crippen molar-refractivity contribution in [1.29, 1.82) is 0 Å². The molecule has 2 unspecified atom stereocenters. The van der Waals surface area contributed by atoms with E-state index in [0.29, 0.717) is 0 Å². The molecule has 0 heterocycles. The highest BCUT2D eigenvalue weighted by Crippen LogP contribution is 2.16. The second-order valence-corrected chi connectivity index (χ2v) is 5.67. The van der Waals surface area contributed by atoms with Crippen molar-refractivity contribution in [3.63, 3.8) is 0 Å². The summed E-state index contributed by atoms with van der Waals surface area (Å²) in [6.45, 7) is 6.97. The van der Waals surface area contributed by atoms with E-state index in [0.717, 1.165) is 12.0 Å². The second kappa shape index (κ2) is 12.4. The number of hydrogen-bond donors (Lipinski definition) is 1. The van der Waals surface area contributed by atoms with E-state index in [4.69, 9.17) is 0 Å². The quantitative estimate of drug-likeness (QED) is 0.466. The van der Waals surface area contributed by atoms with Crippen molar-refractivity contribution in [1.82, 2.24) is 5.32 Å². The molecule has 0 aromatic heterocycles. The molecule has 0 spiro atoms. The van der Waals surface area contributed by atoms with E-state index in [-0.39, 0.29) is 0 Å². The minimum Gasteiger partial charge on any atom is -0.317 e. The standard InChI is InChI=1S/C16H35N/c1-5-7-8-9-10-11-13-16(17-4)14-15(3)12-6-2/h15-17H,5-14H2,1-4H3. The summed E-state index contributed by atoms with van der Waals surface area (Å²) < 4.78 is 0. The zero-order valence-electron chi connectivity index (χ0n) is 12.7. The Kier molecular flexibility index (Phi) is 12.4. The van der Waals surface area contributed by atoms with Crippen LogP contribution in [-0.4, -0.2) is 13.1 Å². The van der Waals surface area contributed by atoms with Gasteiger partial charge in [0.05, 0.1) is 0 Å². The van der Waals surface area contributed by atoms with Crippen LogP contribution in [0.25, 0.3) is 0 Å². The molecule has 1 N–H and O–H groups in total. The van der Waals surface area contributed by atoms with Gasteiger partial charge in [-0.15, -0.1) is 0 Å². The van der Waals surface area contributed by atoms with Crippen LogP contribution < -0.4 is 5.32 Å². The lowest BCUT2D eigenvalue weighted by atomic mass is 9.94.